The van der Waals surface area contributed by atoms with Crippen molar-refractivity contribution in [1.29, 1.82) is 0 Å². The number of methoxy groups -OCH3 is 1. The van der Waals surface area contributed by atoms with E-state index in [2.05, 4.69) is 20.9 Å². The molecule has 0 aliphatic carbocycles. The van der Waals surface area contributed by atoms with Crippen molar-refractivity contribution in [3.05, 3.63) is 125 Å². The summed E-state index contributed by atoms with van der Waals surface area (Å²) in [5.74, 6) is 0.172. The van der Waals surface area contributed by atoms with Crippen LogP contribution in [-0.2, 0) is 9.59 Å². The number of ether oxygens (including phenoxy) is 2. The normalized spacial score (nSPS) is 11.7. The van der Waals surface area contributed by atoms with Gasteiger partial charge in [0.25, 0.3) is 11.8 Å². The SMILES string of the molecule is CCOc1ccccc1/C=C(/NC(=O)c1ccccc1)C(=O)Nc1cccc(SC(CC)C(=O)Nc2nc(-c3ccccc3OC)cs2)c1. The van der Waals surface area contributed by atoms with E-state index < -0.39 is 17.1 Å². The fourth-order valence-electron chi connectivity index (χ4n) is 4.81. The molecule has 1 aromatic heterocycles. The molecule has 11 heteroatoms. The van der Waals surface area contributed by atoms with Gasteiger partial charge in [-0.15, -0.1) is 23.1 Å². The third kappa shape index (κ3) is 9.37. The van der Waals surface area contributed by atoms with E-state index in [-0.39, 0.29) is 11.6 Å². The Bertz CT molecular complexity index is 1940. The van der Waals surface area contributed by atoms with Crippen LogP contribution in [0.5, 0.6) is 11.5 Å². The van der Waals surface area contributed by atoms with E-state index in [0.717, 1.165) is 16.2 Å². The predicted octanol–water partition coefficient (Wildman–Crippen LogP) is 8.14. The minimum atomic E-state index is -0.517. The van der Waals surface area contributed by atoms with Gasteiger partial charge in [-0.1, -0.05) is 61.5 Å². The molecule has 3 amide bonds. The van der Waals surface area contributed by atoms with Crippen LogP contribution in [0.1, 0.15) is 36.2 Å². The summed E-state index contributed by atoms with van der Waals surface area (Å²) in [5.41, 5.74) is 3.16. The van der Waals surface area contributed by atoms with Crippen molar-refractivity contribution in [3.63, 3.8) is 0 Å². The van der Waals surface area contributed by atoms with E-state index in [1.807, 2.05) is 73.8 Å². The van der Waals surface area contributed by atoms with Crippen LogP contribution in [-0.4, -0.2) is 41.7 Å². The lowest BCUT2D eigenvalue weighted by molar-refractivity contribution is -0.116. The molecule has 5 aromatic rings. The second-order valence-corrected chi connectivity index (χ2v) is 12.7. The van der Waals surface area contributed by atoms with Gasteiger partial charge in [-0.25, -0.2) is 4.98 Å². The largest absolute Gasteiger partial charge is 0.496 e. The van der Waals surface area contributed by atoms with E-state index in [1.54, 1.807) is 61.7 Å². The Hall–Kier alpha value is -5.39. The summed E-state index contributed by atoms with van der Waals surface area (Å²) in [6.07, 6.45) is 2.16. The Balaban J connectivity index is 1.30. The first-order chi connectivity index (χ1) is 23.9. The molecule has 0 fully saturated rings. The van der Waals surface area contributed by atoms with Gasteiger partial charge in [-0.2, -0.15) is 0 Å². The topological polar surface area (TPSA) is 119 Å². The number of hydrogen-bond acceptors (Lipinski definition) is 8. The van der Waals surface area contributed by atoms with E-state index in [0.29, 0.717) is 46.5 Å². The average molecular weight is 693 g/mol. The molecular formula is C38H36N4O5S2. The van der Waals surface area contributed by atoms with Gasteiger partial charge in [-0.05, 0) is 68.0 Å². The summed E-state index contributed by atoms with van der Waals surface area (Å²) in [6.45, 7) is 4.26. The number of aromatic nitrogens is 1. The van der Waals surface area contributed by atoms with Crippen molar-refractivity contribution in [3.8, 4) is 22.8 Å². The zero-order chi connectivity index (χ0) is 34.6. The Labute approximate surface area is 293 Å². The number of nitrogens with zero attached hydrogens (tertiary/aromatic N) is 1. The van der Waals surface area contributed by atoms with Crippen LogP contribution in [0.15, 0.2) is 119 Å². The van der Waals surface area contributed by atoms with Gasteiger partial charge in [-0.3, -0.25) is 14.4 Å². The number of hydrogen-bond donors (Lipinski definition) is 3. The highest BCUT2D eigenvalue weighted by atomic mass is 32.2. The Kier molecular flexibility index (Phi) is 12.2. The molecule has 0 aliphatic heterocycles. The fraction of sp³-hybridized carbons (Fsp3) is 0.158. The molecule has 1 unspecified atom stereocenters. The summed E-state index contributed by atoms with van der Waals surface area (Å²) in [4.78, 5) is 45.5. The van der Waals surface area contributed by atoms with Gasteiger partial charge >= 0.3 is 0 Å². The Morgan fingerprint density at radius 3 is 2.37 bits per heavy atom. The number of amides is 3. The zero-order valence-electron chi connectivity index (χ0n) is 27.3. The Morgan fingerprint density at radius 2 is 1.61 bits per heavy atom. The smallest absolute Gasteiger partial charge is 0.272 e. The third-order valence-corrected chi connectivity index (χ3v) is 9.31. The van der Waals surface area contributed by atoms with Gasteiger partial charge in [0.1, 0.15) is 17.2 Å². The number of thioether (sulfide) groups is 1. The van der Waals surface area contributed by atoms with Crippen LogP contribution >= 0.6 is 23.1 Å². The molecule has 1 heterocycles. The van der Waals surface area contributed by atoms with Crippen molar-refractivity contribution in [2.24, 2.45) is 0 Å². The first kappa shape index (κ1) is 34.9. The number of para-hydroxylation sites is 2. The summed E-state index contributed by atoms with van der Waals surface area (Å²) < 4.78 is 11.2. The van der Waals surface area contributed by atoms with E-state index >= 15 is 0 Å². The molecule has 0 aliphatic rings. The van der Waals surface area contributed by atoms with Gasteiger partial charge < -0.3 is 25.4 Å². The van der Waals surface area contributed by atoms with Crippen LogP contribution in [0, 0.1) is 0 Å². The maximum atomic E-state index is 13.7. The number of rotatable bonds is 14. The highest BCUT2D eigenvalue weighted by molar-refractivity contribution is 8.00. The predicted molar refractivity (Wildman–Crippen MR) is 197 cm³/mol. The highest BCUT2D eigenvalue weighted by Crippen LogP contribution is 2.33. The number of anilines is 2. The molecule has 0 saturated carbocycles. The van der Waals surface area contributed by atoms with E-state index in [1.165, 1.54) is 23.1 Å². The maximum Gasteiger partial charge on any atom is 0.272 e. The van der Waals surface area contributed by atoms with Crippen molar-refractivity contribution < 1.29 is 23.9 Å². The number of thiazole rings is 1. The maximum absolute atomic E-state index is 13.7. The molecular weight excluding hydrogens is 657 g/mol. The quantitative estimate of drug-likeness (QED) is 0.0794. The number of benzene rings is 4. The second kappa shape index (κ2) is 17.1. The van der Waals surface area contributed by atoms with Crippen molar-refractivity contribution >= 4 is 57.7 Å². The lowest BCUT2D eigenvalue weighted by Gasteiger charge is -2.15. The second-order valence-electron chi connectivity index (χ2n) is 10.6. The van der Waals surface area contributed by atoms with Crippen LogP contribution in [0.4, 0.5) is 10.8 Å². The van der Waals surface area contributed by atoms with Crippen LogP contribution in [0.3, 0.4) is 0 Å². The Morgan fingerprint density at radius 1 is 0.878 bits per heavy atom. The van der Waals surface area contributed by atoms with Crippen molar-refractivity contribution in [2.45, 2.75) is 30.4 Å². The molecule has 5 rings (SSSR count). The van der Waals surface area contributed by atoms with Crippen LogP contribution < -0.4 is 25.4 Å². The van der Waals surface area contributed by atoms with Gasteiger partial charge in [0.15, 0.2) is 5.13 Å². The van der Waals surface area contributed by atoms with Crippen molar-refractivity contribution in [2.75, 3.05) is 24.4 Å². The summed E-state index contributed by atoms with van der Waals surface area (Å²) >= 11 is 2.73. The first-order valence-electron chi connectivity index (χ1n) is 15.7. The molecule has 0 radical (unpaired) electrons. The number of carbonyl (C=O) groups is 3. The molecule has 49 heavy (non-hydrogen) atoms. The van der Waals surface area contributed by atoms with E-state index in [4.69, 9.17) is 9.47 Å². The first-order valence-corrected chi connectivity index (χ1v) is 17.4. The fourth-order valence-corrected chi connectivity index (χ4v) is 6.54. The minimum absolute atomic E-state index is 0.0424. The summed E-state index contributed by atoms with van der Waals surface area (Å²) in [6, 6.07) is 30.8. The molecule has 0 saturated heterocycles. The average Bonchev–Trinajstić information content (AvgIpc) is 3.59. The molecule has 250 valence electrons. The standard InChI is InChI=1S/C38H36N4O5S2/c1-4-34(37(45)42-38-41-31(24-48-38)29-19-10-12-21-33(29)46-3)49-28-18-13-17-27(23-28)39-36(44)30(40-35(43)25-14-7-6-8-15-25)22-26-16-9-11-20-32(26)47-5-2/h6-24,34H,4-5H2,1-3H3,(H,39,44)(H,40,43)(H,41,42,45)/b30-22+. The molecule has 9 nitrogen and oxygen atoms in total. The van der Waals surface area contributed by atoms with Crippen molar-refractivity contribution in [1.82, 2.24) is 10.3 Å². The lowest BCUT2D eigenvalue weighted by Crippen LogP contribution is -2.30. The van der Waals surface area contributed by atoms with Crippen LogP contribution in [0.2, 0.25) is 0 Å². The summed E-state index contributed by atoms with van der Waals surface area (Å²) in [7, 11) is 1.61. The zero-order valence-corrected chi connectivity index (χ0v) is 28.9. The molecule has 0 bridgehead atoms. The highest BCUT2D eigenvalue weighted by Gasteiger charge is 2.21. The lowest BCUT2D eigenvalue weighted by atomic mass is 10.1. The molecule has 4 aromatic carbocycles. The monoisotopic (exact) mass is 692 g/mol. The number of nitrogens with one attached hydrogen (secondary N) is 3. The third-order valence-electron chi connectivity index (χ3n) is 7.20. The van der Waals surface area contributed by atoms with E-state index in [9.17, 15) is 14.4 Å². The molecule has 1 atom stereocenters. The van der Waals surface area contributed by atoms with Gasteiger partial charge in [0.2, 0.25) is 5.91 Å². The number of carbonyl (C=O) groups excluding carboxylic acids is 3. The molecule has 3 N–H and O–H groups in total. The van der Waals surface area contributed by atoms with Gasteiger partial charge in [0.05, 0.1) is 24.7 Å². The molecule has 0 spiro atoms. The summed E-state index contributed by atoms with van der Waals surface area (Å²) in [5, 5.41) is 10.6. The van der Waals surface area contributed by atoms with Crippen LogP contribution in [0.25, 0.3) is 17.3 Å². The van der Waals surface area contributed by atoms with Gasteiger partial charge in [0, 0.05) is 32.7 Å². The minimum Gasteiger partial charge on any atom is -0.496 e.